The molecule has 0 bridgehead atoms. The minimum Gasteiger partial charge on any atom is -0.491 e. The van der Waals surface area contributed by atoms with Crippen molar-refractivity contribution in [3.05, 3.63) is 53.7 Å². The van der Waals surface area contributed by atoms with E-state index < -0.39 is 21.8 Å². The summed E-state index contributed by atoms with van der Waals surface area (Å²) in [6, 6.07) is 11.7. The van der Waals surface area contributed by atoms with Gasteiger partial charge in [0.05, 0.1) is 34.4 Å². The third-order valence-electron chi connectivity index (χ3n) is 5.58. The van der Waals surface area contributed by atoms with Crippen LogP contribution in [0.25, 0.3) is 33.1 Å². The first-order valence-electron chi connectivity index (χ1n) is 11.2. The zero-order chi connectivity index (χ0) is 25.2. The van der Waals surface area contributed by atoms with E-state index >= 15 is 0 Å². The van der Waals surface area contributed by atoms with Gasteiger partial charge >= 0.3 is 5.97 Å². The number of hydrogen-bond acceptors (Lipinski definition) is 7. The Hall–Kier alpha value is -3.14. The molecule has 0 aliphatic heterocycles. The molecule has 4 rings (SSSR count). The Morgan fingerprint density at radius 2 is 2.00 bits per heavy atom. The van der Waals surface area contributed by atoms with Gasteiger partial charge in [-0.25, -0.2) is 13.4 Å². The summed E-state index contributed by atoms with van der Waals surface area (Å²) in [6.07, 6.45) is 2.05. The number of fused-ring (bicyclic) bond motifs is 3. The fourth-order valence-corrected chi connectivity index (χ4v) is 4.85. The Morgan fingerprint density at radius 1 is 1.20 bits per heavy atom. The van der Waals surface area contributed by atoms with Crippen molar-refractivity contribution in [1.82, 2.24) is 9.97 Å². The highest BCUT2D eigenvalue weighted by atomic mass is 35.5. The lowest BCUT2D eigenvalue weighted by Gasteiger charge is -2.12. The second-order valence-electron chi connectivity index (χ2n) is 8.13. The first-order chi connectivity index (χ1) is 16.7. The first kappa shape index (κ1) is 25.0. The van der Waals surface area contributed by atoms with Crippen LogP contribution < -0.4 is 10.5 Å². The van der Waals surface area contributed by atoms with Crippen molar-refractivity contribution in [2.75, 3.05) is 19.0 Å². The number of nitrogens with zero attached hydrogens (tertiary/aromatic N) is 1. The first-order valence-corrected chi connectivity index (χ1v) is 13.2. The number of pyridine rings is 1. The van der Waals surface area contributed by atoms with Crippen LogP contribution in [0.5, 0.6) is 5.75 Å². The van der Waals surface area contributed by atoms with E-state index in [1.54, 1.807) is 38.2 Å². The lowest BCUT2D eigenvalue weighted by molar-refractivity contribution is -0.144. The molecule has 0 fully saturated rings. The minimum absolute atomic E-state index is 0.0186. The van der Waals surface area contributed by atoms with Gasteiger partial charge in [-0.15, -0.1) is 0 Å². The van der Waals surface area contributed by atoms with Crippen LogP contribution in [0, 0.1) is 0 Å². The molecule has 0 amide bonds. The molecule has 0 aliphatic carbocycles. The van der Waals surface area contributed by atoms with E-state index in [9.17, 15) is 13.2 Å². The van der Waals surface area contributed by atoms with Crippen LogP contribution in [-0.2, 0) is 19.4 Å². The van der Waals surface area contributed by atoms with E-state index in [0.29, 0.717) is 35.0 Å². The van der Waals surface area contributed by atoms with Gasteiger partial charge in [-0.2, -0.15) is 0 Å². The molecule has 0 unspecified atom stereocenters. The Balaban J connectivity index is 1.73. The number of H-pyrrole nitrogens is 1. The lowest BCUT2D eigenvalue weighted by Crippen LogP contribution is -2.29. The van der Waals surface area contributed by atoms with Gasteiger partial charge in [0.25, 0.3) is 0 Å². The third kappa shape index (κ3) is 5.27. The Morgan fingerprint density at radius 3 is 2.74 bits per heavy atom. The number of aromatic nitrogens is 2. The molecule has 3 N–H and O–H groups in total. The summed E-state index contributed by atoms with van der Waals surface area (Å²) in [7, 11) is -3.36. The molecule has 4 aromatic rings. The van der Waals surface area contributed by atoms with Crippen molar-refractivity contribution in [3.63, 3.8) is 0 Å². The number of halogens is 1. The summed E-state index contributed by atoms with van der Waals surface area (Å²) in [5, 5.41) is 2.10. The molecule has 8 nitrogen and oxygen atoms in total. The van der Waals surface area contributed by atoms with Gasteiger partial charge in [0.2, 0.25) is 0 Å². The summed E-state index contributed by atoms with van der Waals surface area (Å²) in [5.74, 6) is 0.154. The van der Waals surface area contributed by atoms with Crippen LogP contribution in [0.1, 0.15) is 20.3 Å². The van der Waals surface area contributed by atoms with Gasteiger partial charge < -0.3 is 20.2 Å². The smallest absolute Gasteiger partial charge is 0.322 e. The monoisotopic (exact) mass is 515 g/mol. The minimum atomic E-state index is -3.36. The van der Waals surface area contributed by atoms with Gasteiger partial charge in [0, 0.05) is 23.4 Å². The third-order valence-corrected chi connectivity index (χ3v) is 7.52. The largest absolute Gasteiger partial charge is 0.491 e. The van der Waals surface area contributed by atoms with Crippen LogP contribution in [0.3, 0.4) is 0 Å². The number of rotatable bonds is 9. The molecule has 0 saturated heterocycles. The number of nitrogens with one attached hydrogen (secondary N) is 1. The fourth-order valence-electron chi connectivity index (χ4n) is 3.77. The molecule has 1 atom stereocenters. The molecule has 10 heteroatoms. The molecular weight excluding hydrogens is 490 g/mol. The summed E-state index contributed by atoms with van der Waals surface area (Å²) >= 11 is 6.25. The topological polar surface area (TPSA) is 124 Å². The van der Waals surface area contributed by atoms with Crippen LogP contribution >= 0.6 is 11.6 Å². The molecule has 2 aromatic carbocycles. The second kappa shape index (κ2) is 10.2. The Bertz CT molecular complexity index is 1500. The molecule has 35 heavy (non-hydrogen) atoms. The normalized spacial score (nSPS) is 12.7. The number of esters is 1. The van der Waals surface area contributed by atoms with Crippen LogP contribution in [-0.4, -0.2) is 49.4 Å². The molecule has 0 radical (unpaired) electrons. The molecule has 2 aromatic heterocycles. The molecule has 0 saturated carbocycles. The highest BCUT2D eigenvalue weighted by molar-refractivity contribution is 7.91. The van der Waals surface area contributed by atoms with E-state index in [2.05, 4.69) is 9.97 Å². The van der Waals surface area contributed by atoms with Crippen LogP contribution in [0.15, 0.2) is 53.6 Å². The predicted molar refractivity (Wildman–Crippen MR) is 136 cm³/mol. The number of aromatic amines is 1. The number of hydrogen-bond donors (Lipinski definition) is 2. The van der Waals surface area contributed by atoms with Crippen molar-refractivity contribution in [2.24, 2.45) is 5.73 Å². The predicted octanol–water partition coefficient (Wildman–Crippen LogP) is 4.49. The maximum atomic E-state index is 12.5. The molecule has 184 valence electrons. The quantitative estimate of drug-likeness (QED) is 0.248. The van der Waals surface area contributed by atoms with Gasteiger partial charge in [-0.1, -0.05) is 30.7 Å². The Labute approximate surface area is 208 Å². The number of carbonyl (C=O) groups is 1. The molecule has 2 heterocycles. The summed E-state index contributed by atoms with van der Waals surface area (Å²) in [4.78, 5) is 19.5. The van der Waals surface area contributed by atoms with Gasteiger partial charge in [0.1, 0.15) is 17.4 Å². The number of carbonyl (C=O) groups excluding carboxylic acids is 1. The molecular formula is C25H26ClN3O5S. The zero-order valence-electron chi connectivity index (χ0n) is 19.4. The highest BCUT2D eigenvalue weighted by Gasteiger charge is 2.18. The number of nitrogens with two attached hydrogens (primary N) is 1. The number of benzene rings is 2. The van der Waals surface area contributed by atoms with E-state index in [0.717, 1.165) is 21.9 Å². The average molecular weight is 516 g/mol. The number of sulfone groups is 1. The standard InChI is InChI=1S/C25H26ClN3O5S/c1-3-35(31,32)18-7-4-6-16(12-18)19-8-9-21(33-10-5-11-34-25(30)15(2)27)23-22(19)20-13-17(26)14-28-24(20)29-23/h4,6-9,12-15H,3,5,10-11,27H2,1-2H3,(H,28,29)/t15-/m0/s1. The maximum Gasteiger partial charge on any atom is 0.322 e. The van der Waals surface area contributed by atoms with Crippen molar-refractivity contribution in [3.8, 4) is 16.9 Å². The fraction of sp³-hybridized carbons (Fsp3) is 0.280. The van der Waals surface area contributed by atoms with Crippen LogP contribution in [0.4, 0.5) is 0 Å². The van der Waals surface area contributed by atoms with Crippen molar-refractivity contribution < 1.29 is 22.7 Å². The summed E-state index contributed by atoms with van der Waals surface area (Å²) in [5.41, 5.74) is 8.41. The second-order valence-corrected chi connectivity index (χ2v) is 10.8. The number of ether oxygens (including phenoxy) is 2. The van der Waals surface area contributed by atoms with E-state index in [4.69, 9.17) is 26.8 Å². The Kier molecular flexibility index (Phi) is 7.30. The summed E-state index contributed by atoms with van der Waals surface area (Å²) in [6.45, 7) is 3.70. The maximum absolute atomic E-state index is 12.5. The summed E-state index contributed by atoms with van der Waals surface area (Å²) < 4.78 is 36.0. The van der Waals surface area contributed by atoms with E-state index in [1.807, 2.05) is 24.3 Å². The van der Waals surface area contributed by atoms with Crippen molar-refractivity contribution >= 4 is 49.3 Å². The molecule has 0 spiro atoms. The van der Waals surface area contributed by atoms with Gasteiger partial charge in [-0.3, -0.25) is 4.79 Å². The highest BCUT2D eigenvalue weighted by Crippen LogP contribution is 2.40. The zero-order valence-corrected chi connectivity index (χ0v) is 20.9. The van der Waals surface area contributed by atoms with Gasteiger partial charge in [0.15, 0.2) is 9.84 Å². The average Bonchev–Trinajstić information content (AvgIpc) is 3.22. The van der Waals surface area contributed by atoms with E-state index in [-0.39, 0.29) is 17.3 Å². The SMILES string of the molecule is CCS(=O)(=O)c1cccc(-c2ccc(OCCCOC(=O)[C@H](C)N)c3[nH]c4ncc(Cl)cc4c23)c1. The van der Waals surface area contributed by atoms with Gasteiger partial charge in [-0.05, 0) is 48.4 Å². The van der Waals surface area contributed by atoms with Crippen molar-refractivity contribution in [1.29, 1.82) is 0 Å². The van der Waals surface area contributed by atoms with E-state index in [1.165, 1.54) is 0 Å². The van der Waals surface area contributed by atoms with Crippen molar-refractivity contribution in [2.45, 2.75) is 31.2 Å². The van der Waals surface area contributed by atoms with Crippen LogP contribution in [0.2, 0.25) is 5.02 Å². The molecule has 0 aliphatic rings. The lowest BCUT2D eigenvalue weighted by atomic mass is 9.99.